The van der Waals surface area contributed by atoms with E-state index in [-0.39, 0.29) is 18.3 Å². The topological polar surface area (TPSA) is 54.0 Å². The SMILES string of the molecule is Cc1nc(-c2ccc(CCNC(=O)CCC3CCNC3)s2)cs1.Cl. The molecule has 132 valence electrons. The van der Waals surface area contributed by atoms with Crippen LogP contribution in [0.1, 0.15) is 29.1 Å². The van der Waals surface area contributed by atoms with Crippen molar-refractivity contribution in [3.05, 3.63) is 27.4 Å². The Morgan fingerprint density at radius 3 is 3.04 bits per heavy atom. The second-order valence-corrected chi connectivity index (χ2v) is 8.25. The minimum absolute atomic E-state index is 0. The van der Waals surface area contributed by atoms with Crippen LogP contribution in [0.15, 0.2) is 17.5 Å². The molecule has 0 radical (unpaired) electrons. The average molecular weight is 386 g/mol. The summed E-state index contributed by atoms with van der Waals surface area (Å²) in [6, 6.07) is 4.27. The normalized spacial score (nSPS) is 16.8. The van der Waals surface area contributed by atoms with Gasteiger partial charge >= 0.3 is 0 Å². The smallest absolute Gasteiger partial charge is 0.220 e. The van der Waals surface area contributed by atoms with Crippen molar-refractivity contribution < 1.29 is 4.79 Å². The van der Waals surface area contributed by atoms with E-state index in [2.05, 4.69) is 33.1 Å². The van der Waals surface area contributed by atoms with E-state index in [1.807, 2.05) is 6.92 Å². The molecule has 1 saturated heterocycles. The molecule has 0 aliphatic carbocycles. The van der Waals surface area contributed by atoms with Gasteiger partial charge < -0.3 is 10.6 Å². The molecule has 0 aromatic carbocycles. The van der Waals surface area contributed by atoms with E-state index in [1.54, 1.807) is 22.7 Å². The molecule has 1 aliphatic rings. The van der Waals surface area contributed by atoms with Crippen LogP contribution in [0.4, 0.5) is 0 Å². The first-order chi connectivity index (χ1) is 11.2. The number of amides is 1. The van der Waals surface area contributed by atoms with Gasteiger partial charge in [0.1, 0.15) is 0 Å². The van der Waals surface area contributed by atoms with Crippen molar-refractivity contribution in [1.82, 2.24) is 15.6 Å². The minimum atomic E-state index is 0. The fourth-order valence-electron chi connectivity index (χ4n) is 2.84. The maximum absolute atomic E-state index is 11.9. The highest BCUT2D eigenvalue weighted by Crippen LogP contribution is 2.29. The van der Waals surface area contributed by atoms with Gasteiger partial charge in [0.2, 0.25) is 5.91 Å². The molecule has 24 heavy (non-hydrogen) atoms. The molecule has 1 amide bonds. The second kappa shape index (κ2) is 9.51. The molecule has 2 aromatic rings. The number of hydrogen-bond donors (Lipinski definition) is 2. The zero-order valence-electron chi connectivity index (χ0n) is 13.8. The Morgan fingerprint density at radius 1 is 1.46 bits per heavy atom. The van der Waals surface area contributed by atoms with Crippen LogP contribution < -0.4 is 10.6 Å². The summed E-state index contributed by atoms with van der Waals surface area (Å²) in [5.74, 6) is 0.867. The van der Waals surface area contributed by atoms with Crippen LogP contribution in [-0.2, 0) is 11.2 Å². The molecule has 4 nitrogen and oxygen atoms in total. The molecule has 2 aromatic heterocycles. The first-order valence-corrected chi connectivity index (χ1v) is 9.89. The Morgan fingerprint density at radius 2 is 2.33 bits per heavy atom. The summed E-state index contributed by atoms with van der Waals surface area (Å²) in [7, 11) is 0. The van der Waals surface area contributed by atoms with Crippen LogP contribution in [-0.4, -0.2) is 30.5 Å². The van der Waals surface area contributed by atoms with Crippen LogP contribution in [0.25, 0.3) is 10.6 Å². The highest BCUT2D eigenvalue weighted by atomic mass is 35.5. The molecule has 1 atom stereocenters. The van der Waals surface area contributed by atoms with Crippen molar-refractivity contribution in [1.29, 1.82) is 0 Å². The standard InChI is InChI=1S/C17H23N3OS2.ClH/c1-12-20-15(11-22-12)16-4-3-14(23-16)7-9-19-17(21)5-2-13-6-8-18-10-13;/h3-4,11,13,18H,2,5-10H2,1H3,(H,19,21);1H. The first kappa shape index (κ1) is 19.4. The first-order valence-electron chi connectivity index (χ1n) is 8.19. The molecule has 1 unspecified atom stereocenters. The van der Waals surface area contributed by atoms with E-state index in [1.165, 1.54) is 16.2 Å². The van der Waals surface area contributed by atoms with Crippen LogP contribution >= 0.6 is 35.1 Å². The summed E-state index contributed by atoms with van der Waals surface area (Å²) in [4.78, 5) is 18.9. The number of halogens is 1. The Hall–Kier alpha value is -0.950. The Kier molecular flexibility index (Phi) is 7.68. The minimum Gasteiger partial charge on any atom is -0.356 e. The molecule has 7 heteroatoms. The molecule has 3 rings (SSSR count). The molecule has 1 aliphatic heterocycles. The summed E-state index contributed by atoms with van der Waals surface area (Å²) in [6.45, 7) is 4.92. The number of thiophene rings is 1. The monoisotopic (exact) mass is 385 g/mol. The lowest BCUT2D eigenvalue weighted by Crippen LogP contribution is -2.26. The molecular formula is C17H24ClN3OS2. The van der Waals surface area contributed by atoms with Gasteiger partial charge in [-0.25, -0.2) is 4.98 Å². The maximum Gasteiger partial charge on any atom is 0.220 e. The average Bonchev–Trinajstić information content (AvgIpc) is 3.26. The zero-order valence-corrected chi connectivity index (χ0v) is 16.3. The zero-order chi connectivity index (χ0) is 16.1. The number of aryl methyl sites for hydroxylation is 1. The summed E-state index contributed by atoms with van der Waals surface area (Å²) in [6.07, 6.45) is 3.76. The largest absolute Gasteiger partial charge is 0.356 e. The number of aromatic nitrogens is 1. The predicted octanol–water partition coefficient (Wildman–Crippen LogP) is 3.65. The van der Waals surface area contributed by atoms with E-state index in [4.69, 9.17) is 0 Å². The highest BCUT2D eigenvalue weighted by Gasteiger charge is 2.15. The van der Waals surface area contributed by atoms with E-state index in [9.17, 15) is 4.79 Å². The van der Waals surface area contributed by atoms with Crippen molar-refractivity contribution in [2.24, 2.45) is 5.92 Å². The molecule has 2 N–H and O–H groups in total. The highest BCUT2D eigenvalue weighted by molar-refractivity contribution is 7.16. The number of rotatable bonds is 7. The number of hydrogen-bond acceptors (Lipinski definition) is 5. The molecule has 3 heterocycles. The third kappa shape index (κ3) is 5.55. The Bertz CT molecular complexity index is 650. The van der Waals surface area contributed by atoms with Gasteiger partial charge in [0.15, 0.2) is 0 Å². The van der Waals surface area contributed by atoms with Crippen molar-refractivity contribution in [3.8, 4) is 10.6 Å². The number of carbonyl (C=O) groups is 1. The van der Waals surface area contributed by atoms with Gasteiger partial charge in [0.25, 0.3) is 0 Å². The number of nitrogens with zero attached hydrogens (tertiary/aromatic N) is 1. The fourth-order valence-corrected chi connectivity index (χ4v) is 4.49. The third-order valence-electron chi connectivity index (χ3n) is 4.17. The number of nitrogens with one attached hydrogen (secondary N) is 2. The summed E-state index contributed by atoms with van der Waals surface area (Å²) in [5.41, 5.74) is 1.07. The second-order valence-electron chi connectivity index (χ2n) is 6.02. The quantitative estimate of drug-likeness (QED) is 0.764. The van der Waals surface area contributed by atoms with Gasteiger partial charge in [-0.2, -0.15) is 0 Å². The maximum atomic E-state index is 11.9. The summed E-state index contributed by atoms with van der Waals surface area (Å²) >= 11 is 3.45. The molecule has 0 spiro atoms. The van der Waals surface area contributed by atoms with Gasteiger partial charge in [-0.15, -0.1) is 35.1 Å². The van der Waals surface area contributed by atoms with Crippen LogP contribution in [0.2, 0.25) is 0 Å². The number of carbonyl (C=O) groups excluding carboxylic acids is 1. The van der Waals surface area contributed by atoms with E-state index in [0.29, 0.717) is 12.3 Å². The van der Waals surface area contributed by atoms with Crippen molar-refractivity contribution >= 4 is 41.0 Å². The fraction of sp³-hybridized carbons (Fsp3) is 0.529. The van der Waals surface area contributed by atoms with Gasteiger partial charge in [-0.05, 0) is 57.3 Å². The van der Waals surface area contributed by atoms with Gasteiger partial charge in [-0.1, -0.05) is 0 Å². The molecule has 0 bridgehead atoms. The summed E-state index contributed by atoms with van der Waals surface area (Å²) < 4.78 is 0. The molecular weight excluding hydrogens is 362 g/mol. The van der Waals surface area contributed by atoms with E-state index in [0.717, 1.165) is 43.2 Å². The summed E-state index contributed by atoms with van der Waals surface area (Å²) in [5, 5.41) is 9.58. The lowest BCUT2D eigenvalue weighted by atomic mass is 10.0. The van der Waals surface area contributed by atoms with Crippen LogP contribution in [0, 0.1) is 12.8 Å². The Balaban J connectivity index is 0.00000208. The van der Waals surface area contributed by atoms with Gasteiger partial charge in [-0.3, -0.25) is 4.79 Å². The predicted molar refractivity (Wildman–Crippen MR) is 104 cm³/mol. The van der Waals surface area contributed by atoms with E-state index >= 15 is 0 Å². The third-order valence-corrected chi connectivity index (χ3v) is 6.11. The molecule has 0 saturated carbocycles. The molecule has 1 fully saturated rings. The van der Waals surface area contributed by atoms with Crippen molar-refractivity contribution in [2.45, 2.75) is 32.6 Å². The van der Waals surface area contributed by atoms with E-state index < -0.39 is 0 Å². The van der Waals surface area contributed by atoms with Gasteiger partial charge in [0, 0.05) is 23.2 Å². The number of thiazole rings is 1. The van der Waals surface area contributed by atoms with Crippen molar-refractivity contribution in [3.63, 3.8) is 0 Å². The lowest BCUT2D eigenvalue weighted by Gasteiger charge is -2.08. The van der Waals surface area contributed by atoms with Crippen LogP contribution in [0.3, 0.4) is 0 Å². The van der Waals surface area contributed by atoms with Gasteiger partial charge in [0.05, 0.1) is 15.6 Å². The van der Waals surface area contributed by atoms with Crippen LogP contribution in [0.5, 0.6) is 0 Å². The Labute approximate surface area is 157 Å². The van der Waals surface area contributed by atoms with Crippen molar-refractivity contribution in [2.75, 3.05) is 19.6 Å². The lowest BCUT2D eigenvalue weighted by molar-refractivity contribution is -0.121.